The van der Waals surface area contributed by atoms with Crippen LogP contribution in [0, 0.1) is 21.7 Å². The number of nitro groups is 1. The monoisotopic (exact) mass is 348 g/mol. The molecular weight excluding hydrogens is 338 g/mol. The van der Waals surface area contributed by atoms with Crippen LogP contribution in [0.15, 0.2) is 12.1 Å². The third kappa shape index (κ3) is 2.65. The van der Waals surface area contributed by atoms with Gasteiger partial charge in [0.15, 0.2) is 0 Å². The predicted octanol–water partition coefficient (Wildman–Crippen LogP) is 2.92. The Balaban J connectivity index is 2.32. The average molecular weight is 349 g/mol. The number of benzene rings is 1. The van der Waals surface area contributed by atoms with Gasteiger partial charge in [0.05, 0.1) is 22.1 Å². The molecule has 0 bridgehead atoms. The fourth-order valence-corrected chi connectivity index (χ4v) is 2.78. The molecule has 1 aromatic carbocycles. The molecule has 0 atom stereocenters. The summed E-state index contributed by atoms with van der Waals surface area (Å²) in [6, 6.07) is 1.12. The Morgan fingerprint density at radius 1 is 1.45 bits per heavy atom. The number of amides is 1. The molecule has 20 heavy (non-hydrogen) atoms. The molecule has 2 rings (SSSR count). The van der Waals surface area contributed by atoms with Crippen molar-refractivity contribution in [1.82, 2.24) is 5.32 Å². The highest BCUT2D eigenvalue weighted by atomic mass is 79.9. The number of carbonyl (C=O) groups is 1. The number of halogens is 3. The molecule has 1 aliphatic rings. The fraction of sp³-hybridized carbons (Fsp3) is 0.417. The van der Waals surface area contributed by atoms with Crippen LogP contribution in [-0.2, 0) is 0 Å². The summed E-state index contributed by atoms with van der Waals surface area (Å²) in [6.07, 6.45) is 2.38. The average Bonchev–Trinajstić information content (AvgIpc) is 2.35. The van der Waals surface area contributed by atoms with Gasteiger partial charge in [-0.2, -0.15) is 4.39 Å². The molecule has 8 heteroatoms. The van der Waals surface area contributed by atoms with Crippen molar-refractivity contribution in [3.63, 3.8) is 0 Å². The van der Waals surface area contributed by atoms with Crippen LogP contribution in [0.3, 0.4) is 0 Å². The Morgan fingerprint density at radius 2 is 2.10 bits per heavy atom. The summed E-state index contributed by atoms with van der Waals surface area (Å²) in [5.41, 5.74) is -2.18. The summed E-state index contributed by atoms with van der Waals surface area (Å²) in [7, 11) is 0. The lowest BCUT2D eigenvalue weighted by Crippen LogP contribution is -2.55. The van der Waals surface area contributed by atoms with Crippen molar-refractivity contribution in [1.29, 1.82) is 0 Å². The third-order valence-corrected chi connectivity index (χ3v) is 4.48. The summed E-state index contributed by atoms with van der Waals surface area (Å²) in [4.78, 5) is 21.6. The number of nitrogens with zero attached hydrogens (tertiary/aromatic N) is 1. The third-order valence-electron chi connectivity index (χ3n) is 3.40. The highest BCUT2D eigenvalue weighted by Gasteiger charge is 2.38. The molecule has 5 nitrogen and oxygen atoms in total. The summed E-state index contributed by atoms with van der Waals surface area (Å²) in [5.74, 6) is -3.19. The van der Waals surface area contributed by atoms with Gasteiger partial charge in [-0.25, -0.2) is 4.39 Å². The highest BCUT2D eigenvalue weighted by Crippen LogP contribution is 2.34. The van der Waals surface area contributed by atoms with Gasteiger partial charge in [-0.1, -0.05) is 15.9 Å². The van der Waals surface area contributed by atoms with E-state index in [2.05, 4.69) is 21.2 Å². The van der Waals surface area contributed by atoms with E-state index in [4.69, 9.17) is 0 Å². The minimum absolute atomic E-state index is 0.454. The first-order valence-electron chi connectivity index (χ1n) is 5.90. The second-order valence-electron chi connectivity index (χ2n) is 4.77. The lowest BCUT2D eigenvalue weighted by Gasteiger charge is -2.41. The standard InChI is InChI=1S/C12H11BrF2N2O3/c13-6-12(2-1-3-12)16-11(18)8-4-7(14)5-9(10(8)15)17(19)20/h4-5H,1-3,6H2,(H,16,18). The van der Waals surface area contributed by atoms with Crippen LogP contribution in [-0.4, -0.2) is 21.7 Å². The van der Waals surface area contributed by atoms with Crippen molar-refractivity contribution in [3.05, 3.63) is 39.4 Å². The van der Waals surface area contributed by atoms with Crippen LogP contribution in [0.25, 0.3) is 0 Å². The van der Waals surface area contributed by atoms with Gasteiger partial charge in [-0.05, 0) is 25.3 Å². The van der Waals surface area contributed by atoms with E-state index in [1.165, 1.54) is 0 Å². The molecule has 1 aliphatic carbocycles. The van der Waals surface area contributed by atoms with Crippen molar-refractivity contribution < 1.29 is 18.5 Å². The zero-order valence-electron chi connectivity index (χ0n) is 10.3. The molecule has 0 saturated heterocycles. The van der Waals surface area contributed by atoms with E-state index in [0.29, 0.717) is 17.5 Å². The summed E-state index contributed by atoms with van der Waals surface area (Å²) < 4.78 is 27.2. The van der Waals surface area contributed by atoms with Crippen molar-refractivity contribution >= 4 is 27.5 Å². The topological polar surface area (TPSA) is 72.2 Å². The van der Waals surface area contributed by atoms with E-state index in [0.717, 1.165) is 19.3 Å². The SMILES string of the molecule is O=C(NC1(CBr)CCC1)c1cc(F)cc([N+](=O)[O-])c1F. The molecule has 108 valence electrons. The molecule has 1 saturated carbocycles. The second-order valence-corrected chi connectivity index (χ2v) is 5.33. The Morgan fingerprint density at radius 3 is 2.55 bits per heavy atom. The van der Waals surface area contributed by atoms with Crippen molar-refractivity contribution in [2.24, 2.45) is 0 Å². The van der Waals surface area contributed by atoms with Gasteiger partial charge in [0, 0.05) is 5.33 Å². The molecule has 0 heterocycles. The van der Waals surface area contributed by atoms with Gasteiger partial charge in [-0.3, -0.25) is 14.9 Å². The second kappa shape index (κ2) is 5.43. The van der Waals surface area contributed by atoms with Gasteiger partial charge in [0.25, 0.3) is 5.91 Å². The van der Waals surface area contributed by atoms with Crippen molar-refractivity contribution in [2.75, 3.05) is 5.33 Å². The summed E-state index contributed by atoms with van der Waals surface area (Å²) in [6.45, 7) is 0. The zero-order valence-corrected chi connectivity index (χ0v) is 11.9. The number of rotatable bonds is 4. The first-order chi connectivity index (χ1) is 9.38. The maximum atomic E-state index is 13.9. The number of hydrogen-bond acceptors (Lipinski definition) is 3. The Kier molecular flexibility index (Phi) is 4.03. The minimum Gasteiger partial charge on any atom is -0.346 e. The first-order valence-corrected chi connectivity index (χ1v) is 7.02. The lowest BCUT2D eigenvalue weighted by molar-refractivity contribution is -0.387. The maximum Gasteiger partial charge on any atom is 0.308 e. The molecule has 0 radical (unpaired) electrons. The van der Waals surface area contributed by atoms with Crippen LogP contribution in [0.1, 0.15) is 29.6 Å². The molecule has 1 amide bonds. The molecule has 0 spiro atoms. The molecular formula is C12H11BrF2N2O3. The summed E-state index contributed by atoms with van der Waals surface area (Å²) >= 11 is 3.26. The van der Waals surface area contributed by atoms with Gasteiger partial charge >= 0.3 is 5.69 Å². The first kappa shape index (κ1) is 14.8. The fourth-order valence-electron chi connectivity index (χ4n) is 2.08. The maximum absolute atomic E-state index is 13.9. The Hall–Kier alpha value is -1.57. The van der Waals surface area contributed by atoms with Crippen molar-refractivity contribution in [2.45, 2.75) is 24.8 Å². The van der Waals surface area contributed by atoms with Crippen LogP contribution >= 0.6 is 15.9 Å². The number of nitrogens with one attached hydrogen (secondary N) is 1. The molecule has 1 fully saturated rings. The zero-order chi connectivity index (χ0) is 14.9. The van der Waals surface area contributed by atoms with Crippen LogP contribution < -0.4 is 5.32 Å². The van der Waals surface area contributed by atoms with E-state index >= 15 is 0 Å². The van der Waals surface area contributed by atoms with E-state index in [1.807, 2.05) is 0 Å². The highest BCUT2D eigenvalue weighted by molar-refractivity contribution is 9.09. The number of carbonyl (C=O) groups excluding carboxylic acids is 1. The number of hydrogen-bond donors (Lipinski definition) is 1. The van der Waals surface area contributed by atoms with Gasteiger partial charge < -0.3 is 5.32 Å². The Bertz CT molecular complexity index is 571. The number of alkyl halides is 1. The molecule has 0 aliphatic heterocycles. The Labute approximate surface area is 121 Å². The summed E-state index contributed by atoms with van der Waals surface area (Å²) in [5, 5.41) is 13.7. The molecule has 1 aromatic rings. The van der Waals surface area contributed by atoms with E-state index in [9.17, 15) is 23.7 Å². The number of nitro benzene ring substituents is 1. The quantitative estimate of drug-likeness (QED) is 0.516. The predicted molar refractivity (Wildman–Crippen MR) is 70.9 cm³/mol. The van der Waals surface area contributed by atoms with Crippen LogP contribution in [0.4, 0.5) is 14.5 Å². The van der Waals surface area contributed by atoms with Gasteiger partial charge in [0.2, 0.25) is 5.82 Å². The molecule has 0 unspecified atom stereocenters. The minimum atomic E-state index is -1.32. The normalized spacial score (nSPS) is 16.4. The van der Waals surface area contributed by atoms with Crippen molar-refractivity contribution in [3.8, 4) is 0 Å². The lowest BCUT2D eigenvalue weighted by atomic mass is 9.78. The van der Waals surface area contributed by atoms with Gasteiger partial charge in [0.1, 0.15) is 5.82 Å². The van der Waals surface area contributed by atoms with E-state index < -0.39 is 39.3 Å². The molecule has 1 N–H and O–H groups in total. The largest absolute Gasteiger partial charge is 0.346 e. The van der Waals surface area contributed by atoms with Gasteiger partial charge in [-0.15, -0.1) is 0 Å². The molecule has 0 aromatic heterocycles. The van der Waals surface area contributed by atoms with Crippen LogP contribution in [0.5, 0.6) is 0 Å². The smallest absolute Gasteiger partial charge is 0.308 e. The van der Waals surface area contributed by atoms with E-state index in [-0.39, 0.29) is 0 Å². The van der Waals surface area contributed by atoms with Crippen LogP contribution in [0.2, 0.25) is 0 Å². The van der Waals surface area contributed by atoms with E-state index in [1.54, 1.807) is 0 Å².